The van der Waals surface area contributed by atoms with Crippen molar-refractivity contribution in [2.75, 3.05) is 13.1 Å². The number of rotatable bonds is 4. The van der Waals surface area contributed by atoms with Crippen molar-refractivity contribution in [1.82, 2.24) is 25.7 Å². The quantitative estimate of drug-likeness (QED) is 0.762. The summed E-state index contributed by atoms with van der Waals surface area (Å²) in [6.07, 6.45) is 1.88. The first kappa shape index (κ1) is 18.9. The van der Waals surface area contributed by atoms with E-state index in [-0.39, 0.29) is 24.4 Å². The average molecular weight is 376 g/mol. The van der Waals surface area contributed by atoms with Crippen molar-refractivity contribution in [3.8, 4) is 0 Å². The Balaban J connectivity index is 0.00000196. The lowest BCUT2D eigenvalue weighted by Crippen LogP contribution is -2.38. The molecule has 6 nitrogen and oxygen atoms in total. The third kappa shape index (κ3) is 3.92. The number of carbonyl (C=O) groups is 1. The van der Waals surface area contributed by atoms with Gasteiger partial charge in [0.15, 0.2) is 5.69 Å². The smallest absolute Gasteiger partial charge is 0.272 e. The molecule has 7 heteroatoms. The van der Waals surface area contributed by atoms with Crippen LogP contribution in [0, 0.1) is 0 Å². The topological polar surface area (TPSA) is 73.0 Å². The number of fused-ring (bicyclic) bond motifs is 1. The summed E-state index contributed by atoms with van der Waals surface area (Å²) in [6, 6.07) is 11.1. The number of nitrogens with one attached hydrogen (secondary N) is 3. The van der Waals surface area contributed by atoms with E-state index in [1.165, 1.54) is 5.56 Å². The molecule has 0 bridgehead atoms. The van der Waals surface area contributed by atoms with Gasteiger partial charge in [-0.3, -0.25) is 14.8 Å². The summed E-state index contributed by atoms with van der Waals surface area (Å²) in [7, 11) is 0. The van der Waals surface area contributed by atoms with Crippen molar-refractivity contribution in [3.05, 3.63) is 52.8 Å². The molecule has 0 spiro atoms. The first-order chi connectivity index (χ1) is 12.2. The monoisotopic (exact) mass is 375 g/mol. The average Bonchev–Trinajstić information content (AvgIpc) is 3.19. The van der Waals surface area contributed by atoms with Gasteiger partial charge in [0.2, 0.25) is 0 Å². The van der Waals surface area contributed by atoms with Crippen LogP contribution in [0.3, 0.4) is 0 Å². The molecule has 140 valence electrons. The lowest BCUT2D eigenvalue weighted by molar-refractivity contribution is 0.0931. The second kappa shape index (κ2) is 8.20. The fourth-order valence-electron chi connectivity index (χ4n) is 3.91. The van der Waals surface area contributed by atoms with Gasteiger partial charge >= 0.3 is 0 Å². The molecule has 3 N–H and O–H groups in total. The molecule has 26 heavy (non-hydrogen) atoms. The number of benzene rings is 1. The van der Waals surface area contributed by atoms with Crippen molar-refractivity contribution >= 4 is 18.3 Å². The van der Waals surface area contributed by atoms with Crippen LogP contribution in [0.2, 0.25) is 0 Å². The first-order valence-corrected chi connectivity index (χ1v) is 9.06. The van der Waals surface area contributed by atoms with Gasteiger partial charge in [0.25, 0.3) is 5.91 Å². The molecule has 0 saturated carbocycles. The van der Waals surface area contributed by atoms with Gasteiger partial charge in [0.1, 0.15) is 0 Å². The summed E-state index contributed by atoms with van der Waals surface area (Å²) >= 11 is 0. The molecule has 2 unspecified atom stereocenters. The summed E-state index contributed by atoms with van der Waals surface area (Å²) < 4.78 is 0. The number of H-pyrrole nitrogens is 1. The number of nitrogens with zero attached hydrogens (tertiary/aromatic N) is 2. The Morgan fingerprint density at radius 3 is 2.96 bits per heavy atom. The molecule has 1 fully saturated rings. The van der Waals surface area contributed by atoms with Crippen molar-refractivity contribution < 1.29 is 4.79 Å². The minimum Gasteiger partial charge on any atom is -0.347 e. The second-order valence-corrected chi connectivity index (χ2v) is 7.13. The lowest BCUT2D eigenvalue weighted by Gasteiger charge is -2.20. The molecular weight excluding hydrogens is 350 g/mol. The summed E-state index contributed by atoms with van der Waals surface area (Å²) in [5.74, 6) is -0.0556. The molecule has 1 saturated heterocycles. The van der Waals surface area contributed by atoms with Crippen LogP contribution in [0.15, 0.2) is 30.3 Å². The molecule has 4 rings (SSSR count). The summed E-state index contributed by atoms with van der Waals surface area (Å²) in [6.45, 7) is 5.69. The van der Waals surface area contributed by atoms with Crippen LogP contribution < -0.4 is 10.6 Å². The van der Waals surface area contributed by atoms with Gasteiger partial charge in [-0.15, -0.1) is 12.4 Å². The molecule has 2 aromatic rings. The van der Waals surface area contributed by atoms with E-state index >= 15 is 0 Å². The highest BCUT2D eigenvalue weighted by Gasteiger charge is 2.31. The largest absolute Gasteiger partial charge is 0.347 e. The van der Waals surface area contributed by atoms with Gasteiger partial charge in [-0.25, -0.2) is 0 Å². The third-order valence-electron chi connectivity index (χ3n) is 5.29. The molecule has 1 aromatic heterocycles. The molecule has 2 aliphatic rings. The number of amides is 1. The van der Waals surface area contributed by atoms with Crippen LogP contribution in [0.25, 0.3) is 0 Å². The zero-order chi connectivity index (χ0) is 17.2. The second-order valence-electron chi connectivity index (χ2n) is 7.13. The van der Waals surface area contributed by atoms with Crippen LogP contribution in [0.5, 0.6) is 0 Å². The van der Waals surface area contributed by atoms with E-state index in [4.69, 9.17) is 0 Å². The maximum Gasteiger partial charge on any atom is 0.272 e. The fraction of sp³-hybridized carbons (Fsp3) is 0.474. The Morgan fingerprint density at radius 2 is 2.15 bits per heavy atom. The van der Waals surface area contributed by atoms with E-state index in [2.05, 4.69) is 56.9 Å². The highest BCUT2D eigenvalue weighted by Crippen LogP contribution is 2.21. The normalized spacial score (nSPS) is 22.5. The predicted molar refractivity (Wildman–Crippen MR) is 103 cm³/mol. The van der Waals surface area contributed by atoms with Crippen LogP contribution >= 0.6 is 12.4 Å². The molecular formula is C19H26ClN5O. The van der Waals surface area contributed by atoms with Crippen molar-refractivity contribution in [1.29, 1.82) is 0 Å². The molecule has 2 aliphatic heterocycles. The Morgan fingerprint density at radius 1 is 1.35 bits per heavy atom. The standard InChI is InChI=1S/C19H25N5O.ClH/c1-13-9-15(12-24(13)11-14-5-3-2-4-6-14)21-19(25)18-16-10-20-8-7-17(16)22-23-18;/h2-6,13,15,20H,7-12H2,1H3,(H,21,25)(H,22,23);1H. The molecule has 1 amide bonds. The number of aromatic nitrogens is 2. The maximum atomic E-state index is 12.7. The first-order valence-electron chi connectivity index (χ1n) is 9.06. The minimum atomic E-state index is -0.0556. The maximum absolute atomic E-state index is 12.7. The van der Waals surface area contributed by atoms with E-state index in [0.717, 1.165) is 50.3 Å². The molecule has 1 aromatic carbocycles. The number of likely N-dealkylation sites (tertiary alicyclic amines) is 1. The SMILES string of the molecule is CC1CC(NC(=O)c2n[nH]c3c2CNCC3)CN1Cc1ccccc1.Cl. The minimum absolute atomic E-state index is 0. The van der Waals surface area contributed by atoms with E-state index in [0.29, 0.717) is 11.7 Å². The van der Waals surface area contributed by atoms with E-state index in [9.17, 15) is 4.79 Å². The van der Waals surface area contributed by atoms with Crippen LogP contribution in [-0.2, 0) is 19.5 Å². The van der Waals surface area contributed by atoms with Crippen LogP contribution in [0.1, 0.15) is 40.7 Å². The van der Waals surface area contributed by atoms with E-state index in [1.807, 2.05) is 6.07 Å². The number of halogens is 1. The Hall–Kier alpha value is -1.89. The third-order valence-corrected chi connectivity index (χ3v) is 5.29. The van der Waals surface area contributed by atoms with Gasteiger partial charge in [-0.2, -0.15) is 5.10 Å². The predicted octanol–water partition coefficient (Wildman–Crippen LogP) is 1.87. The number of carbonyl (C=O) groups excluding carboxylic acids is 1. The zero-order valence-electron chi connectivity index (χ0n) is 15.0. The lowest BCUT2D eigenvalue weighted by atomic mass is 10.1. The number of hydrogen-bond donors (Lipinski definition) is 3. The number of hydrogen-bond acceptors (Lipinski definition) is 4. The van der Waals surface area contributed by atoms with Crippen LogP contribution in [-0.4, -0.2) is 46.2 Å². The van der Waals surface area contributed by atoms with Gasteiger partial charge in [0, 0.05) is 55.9 Å². The van der Waals surface area contributed by atoms with Gasteiger partial charge < -0.3 is 10.6 Å². The molecule has 3 heterocycles. The highest BCUT2D eigenvalue weighted by atomic mass is 35.5. The Kier molecular flexibility index (Phi) is 5.96. The Bertz CT molecular complexity index is 748. The van der Waals surface area contributed by atoms with Gasteiger partial charge in [-0.05, 0) is 18.9 Å². The number of aromatic amines is 1. The summed E-state index contributed by atoms with van der Waals surface area (Å²) in [4.78, 5) is 15.1. The van der Waals surface area contributed by atoms with E-state index < -0.39 is 0 Å². The zero-order valence-corrected chi connectivity index (χ0v) is 15.8. The van der Waals surface area contributed by atoms with Crippen LogP contribution in [0.4, 0.5) is 0 Å². The molecule has 0 aliphatic carbocycles. The summed E-state index contributed by atoms with van der Waals surface area (Å²) in [5.41, 5.74) is 3.98. The van der Waals surface area contributed by atoms with Crippen molar-refractivity contribution in [2.45, 2.75) is 44.9 Å². The van der Waals surface area contributed by atoms with Crippen molar-refractivity contribution in [2.24, 2.45) is 0 Å². The highest BCUT2D eigenvalue weighted by molar-refractivity contribution is 5.94. The van der Waals surface area contributed by atoms with Gasteiger partial charge in [0.05, 0.1) is 0 Å². The molecule has 2 atom stereocenters. The Labute approximate surface area is 160 Å². The fourth-order valence-corrected chi connectivity index (χ4v) is 3.91. The van der Waals surface area contributed by atoms with Gasteiger partial charge in [-0.1, -0.05) is 30.3 Å². The summed E-state index contributed by atoms with van der Waals surface area (Å²) in [5, 5.41) is 13.8. The van der Waals surface area contributed by atoms with E-state index in [1.54, 1.807) is 0 Å². The molecule has 0 radical (unpaired) electrons. The van der Waals surface area contributed by atoms with Crippen molar-refractivity contribution in [3.63, 3.8) is 0 Å².